The molecule has 0 radical (unpaired) electrons. The number of dihydropyridines is 1. The van der Waals surface area contributed by atoms with Gasteiger partial charge in [-0.25, -0.2) is 4.79 Å². The standard InChI is InChI=1S/C10H15NO3/c1-7-9(5-4-6-11-7)10(12)14-8(2)13-3/h4,6,8,11H,5H2,1-3H3. The Bertz CT molecular complexity index is 281. The van der Waals surface area contributed by atoms with Crippen molar-refractivity contribution in [3.8, 4) is 0 Å². The van der Waals surface area contributed by atoms with E-state index in [0.717, 1.165) is 5.70 Å². The van der Waals surface area contributed by atoms with Crippen LogP contribution in [0, 0.1) is 0 Å². The number of nitrogens with one attached hydrogen (secondary N) is 1. The topological polar surface area (TPSA) is 47.6 Å². The number of ether oxygens (including phenoxy) is 2. The van der Waals surface area contributed by atoms with Crippen molar-refractivity contribution in [2.24, 2.45) is 0 Å². The van der Waals surface area contributed by atoms with Crippen LogP contribution in [0.15, 0.2) is 23.5 Å². The van der Waals surface area contributed by atoms with Gasteiger partial charge in [-0.3, -0.25) is 0 Å². The molecule has 1 rings (SSSR count). The third kappa shape index (κ3) is 2.60. The molecule has 1 heterocycles. The normalized spacial score (nSPS) is 17.6. The number of rotatable bonds is 3. The predicted octanol–water partition coefficient (Wildman–Crippen LogP) is 1.30. The molecule has 4 heteroatoms. The summed E-state index contributed by atoms with van der Waals surface area (Å²) >= 11 is 0. The van der Waals surface area contributed by atoms with Crippen molar-refractivity contribution in [2.75, 3.05) is 7.11 Å². The predicted molar refractivity (Wildman–Crippen MR) is 52.2 cm³/mol. The van der Waals surface area contributed by atoms with Crippen LogP contribution in [0.5, 0.6) is 0 Å². The first-order valence-electron chi connectivity index (χ1n) is 4.50. The Hall–Kier alpha value is -1.29. The fourth-order valence-electron chi connectivity index (χ4n) is 1.11. The second kappa shape index (κ2) is 4.81. The van der Waals surface area contributed by atoms with Crippen molar-refractivity contribution in [3.05, 3.63) is 23.5 Å². The number of esters is 1. The molecule has 0 fully saturated rings. The monoisotopic (exact) mass is 197 g/mol. The number of allylic oxidation sites excluding steroid dienone is 2. The van der Waals surface area contributed by atoms with E-state index in [1.165, 1.54) is 7.11 Å². The van der Waals surface area contributed by atoms with Crippen LogP contribution in [0.1, 0.15) is 20.3 Å². The second-order valence-electron chi connectivity index (χ2n) is 3.06. The lowest BCUT2D eigenvalue weighted by atomic mass is 10.1. The molecule has 0 saturated carbocycles. The fourth-order valence-corrected chi connectivity index (χ4v) is 1.11. The van der Waals surface area contributed by atoms with Gasteiger partial charge in [-0.1, -0.05) is 6.08 Å². The molecule has 0 aliphatic carbocycles. The largest absolute Gasteiger partial charge is 0.433 e. The summed E-state index contributed by atoms with van der Waals surface area (Å²) < 4.78 is 9.86. The van der Waals surface area contributed by atoms with Crippen LogP contribution in [0.2, 0.25) is 0 Å². The van der Waals surface area contributed by atoms with E-state index in [9.17, 15) is 4.79 Å². The Morgan fingerprint density at radius 1 is 1.64 bits per heavy atom. The first-order valence-corrected chi connectivity index (χ1v) is 4.50. The quantitative estimate of drug-likeness (QED) is 0.547. The number of methoxy groups -OCH3 is 1. The summed E-state index contributed by atoms with van der Waals surface area (Å²) in [7, 11) is 1.50. The Balaban J connectivity index is 2.60. The average molecular weight is 197 g/mol. The van der Waals surface area contributed by atoms with Gasteiger partial charge in [0.05, 0.1) is 5.57 Å². The molecule has 0 spiro atoms. The molecular weight excluding hydrogens is 182 g/mol. The molecule has 78 valence electrons. The van der Waals surface area contributed by atoms with E-state index in [1.54, 1.807) is 6.92 Å². The Morgan fingerprint density at radius 3 is 2.93 bits per heavy atom. The molecule has 1 N–H and O–H groups in total. The summed E-state index contributed by atoms with van der Waals surface area (Å²) in [5.41, 5.74) is 1.48. The van der Waals surface area contributed by atoms with E-state index in [-0.39, 0.29) is 5.97 Å². The molecule has 1 unspecified atom stereocenters. The smallest absolute Gasteiger partial charge is 0.338 e. The molecule has 0 saturated heterocycles. The summed E-state index contributed by atoms with van der Waals surface area (Å²) in [6, 6.07) is 0. The maximum absolute atomic E-state index is 11.5. The first-order chi connectivity index (χ1) is 6.65. The highest BCUT2D eigenvalue weighted by Crippen LogP contribution is 2.14. The maximum atomic E-state index is 11.5. The number of carbonyl (C=O) groups is 1. The van der Waals surface area contributed by atoms with E-state index in [2.05, 4.69) is 5.32 Å². The van der Waals surface area contributed by atoms with Crippen LogP contribution in [0.3, 0.4) is 0 Å². The molecule has 0 aromatic rings. The molecule has 0 amide bonds. The Labute approximate surface area is 83.6 Å². The highest BCUT2D eigenvalue weighted by atomic mass is 16.7. The number of hydrogen-bond acceptors (Lipinski definition) is 4. The van der Waals surface area contributed by atoms with Crippen molar-refractivity contribution in [1.82, 2.24) is 5.32 Å². The van der Waals surface area contributed by atoms with Gasteiger partial charge in [0, 0.05) is 19.2 Å². The van der Waals surface area contributed by atoms with E-state index < -0.39 is 6.29 Å². The molecule has 0 aromatic heterocycles. The second-order valence-corrected chi connectivity index (χ2v) is 3.06. The molecule has 1 atom stereocenters. The summed E-state index contributed by atoms with van der Waals surface area (Å²) in [4.78, 5) is 11.5. The van der Waals surface area contributed by atoms with Crippen LogP contribution in [0.25, 0.3) is 0 Å². The summed E-state index contributed by atoms with van der Waals surface area (Å²) in [5.74, 6) is -0.325. The van der Waals surface area contributed by atoms with Gasteiger partial charge in [0.1, 0.15) is 0 Å². The van der Waals surface area contributed by atoms with Gasteiger partial charge in [0.25, 0.3) is 0 Å². The first kappa shape index (κ1) is 10.8. The molecule has 1 aliphatic heterocycles. The lowest BCUT2D eigenvalue weighted by Crippen LogP contribution is -2.22. The molecular formula is C10H15NO3. The Morgan fingerprint density at radius 2 is 2.36 bits per heavy atom. The molecule has 4 nitrogen and oxygen atoms in total. The van der Waals surface area contributed by atoms with E-state index in [4.69, 9.17) is 9.47 Å². The molecule has 0 bridgehead atoms. The summed E-state index contributed by atoms with van der Waals surface area (Å²) in [6.45, 7) is 3.53. The van der Waals surface area contributed by atoms with Gasteiger partial charge in [0.15, 0.2) is 6.29 Å². The number of carbonyl (C=O) groups excluding carboxylic acids is 1. The van der Waals surface area contributed by atoms with Crippen molar-refractivity contribution >= 4 is 5.97 Å². The van der Waals surface area contributed by atoms with Crippen LogP contribution in [0.4, 0.5) is 0 Å². The lowest BCUT2D eigenvalue weighted by molar-refractivity contribution is -0.165. The molecule has 0 aromatic carbocycles. The Kier molecular flexibility index (Phi) is 3.71. The van der Waals surface area contributed by atoms with Gasteiger partial charge >= 0.3 is 5.97 Å². The highest BCUT2D eigenvalue weighted by Gasteiger charge is 2.17. The van der Waals surface area contributed by atoms with Crippen LogP contribution >= 0.6 is 0 Å². The summed E-state index contributed by atoms with van der Waals surface area (Å²) in [5, 5.41) is 2.96. The van der Waals surface area contributed by atoms with E-state index in [1.807, 2.05) is 19.2 Å². The molecule has 1 aliphatic rings. The zero-order chi connectivity index (χ0) is 10.6. The van der Waals surface area contributed by atoms with Crippen molar-refractivity contribution in [1.29, 1.82) is 0 Å². The average Bonchev–Trinajstić information content (AvgIpc) is 2.18. The van der Waals surface area contributed by atoms with Crippen LogP contribution < -0.4 is 5.32 Å². The summed E-state index contributed by atoms with van der Waals surface area (Å²) in [6.07, 6.45) is 3.79. The fraction of sp³-hybridized carbons (Fsp3) is 0.500. The maximum Gasteiger partial charge on any atom is 0.338 e. The van der Waals surface area contributed by atoms with Crippen LogP contribution in [-0.2, 0) is 14.3 Å². The van der Waals surface area contributed by atoms with Gasteiger partial charge in [-0.15, -0.1) is 0 Å². The van der Waals surface area contributed by atoms with E-state index >= 15 is 0 Å². The lowest BCUT2D eigenvalue weighted by Gasteiger charge is -2.16. The minimum absolute atomic E-state index is 0.325. The SMILES string of the molecule is COC(C)OC(=O)C1=C(C)NC=CC1. The van der Waals surface area contributed by atoms with Gasteiger partial charge in [-0.2, -0.15) is 0 Å². The third-order valence-corrected chi connectivity index (χ3v) is 2.04. The minimum Gasteiger partial charge on any atom is -0.433 e. The van der Waals surface area contributed by atoms with E-state index in [0.29, 0.717) is 12.0 Å². The van der Waals surface area contributed by atoms with Crippen molar-refractivity contribution < 1.29 is 14.3 Å². The highest BCUT2D eigenvalue weighted by molar-refractivity contribution is 5.89. The van der Waals surface area contributed by atoms with Crippen molar-refractivity contribution in [2.45, 2.75) is 26.6 Å². The van der Waals surface area contributed by atoms with Crippen molar-refractivity contribution in [3.63, 3.8) is 0 Å². The van der Waals surface area contributed by atoms with Gasteiger partial charge in [-0.05, 0) is 20.0 Å². The van der Waals surface area contributed by atoms with Gasteiger partial charge in [0.2, 0.25) is 0 Å². The molecule has 14 heavy (non-hydrogen) atoms. The third-order valence-electron chi connectivity index (χ3n) is 2.04. The number of hydrogen-bond donors (Lipinski definition) is 1. The zero-order valence-electron chi connectivity index (χ0n) is 8.66. The zero-order valence-corrected chi connectivity index (χ0v) is 8.66. The minimum atomic E-state index is -0.506. The van der Waals surface area contributed by atoms with Gasteiger partial charge < -0.3 is 14.8 Å². The van der Waals surface area contributed by atoms with Crippen LogP contribution in [-0.4, -0.2) is 19.4 Å².